The van der Waals surface area contributed by atoms with Gasteiger partial charge >= 0.3 is 35.5 Å². The van der Waals surface area contributed by atoms with Crippen LogP contribution in [-0.4, -0.2) is 36.7 Å². The minimum atomic E-state index is -1.23. The normalized spacial score (nSPS) is 9.84. The smallest absolute Gasteiger partial charge is 0.870 e. The number of nitrogens with zero attached hydrogens (tertiary/aromatic N) is 4. The number of hydrogen-bond acceptors (Lipinski definition) is 7. The third-order valence-electron chi connectivity index (χ3n) is 3.12. The van der Waals surface area contributed by atoms with Crippen molar-refractivity contribution in [3.63, 3.8) is 0 Å². The molecule has 0 radical (unpaired) electrons. The average molecular weight is 358 g/mol. The van der Waals surface area contributed by atoms with Crippen LogP contribution >= 0.6 is 0 Å². The van der Waals surface area contributed by atoms with Crippen molar-refractivity contribution in [2.24, 2.45) is 7.05 Å². The predicted octanol–water partition coefficient (Wildman–Crippen LogP) is -1.29. The van der Waals surface area contributed by atoms with Crippen molar-refractivity contribution in [1.82, 2.24) is 20.2 Å². The molecule has 25 heavy (non-hydrogen) atoms. The van der Waals surface area contributed by atoms with Crippen molar-refractivity contribution in [2.75, 3.05) is 0 Å². The zero-order valence-electron chi connectivity index (χ0n) is 13.4. The molecule has 126 valence electrons. The van der Waals surface area contributed by atoms with E-state index in [1.165, 1.54) is 22.9 Å². The first kappa shape index (κ1) is 20.8. The molecule has 0 bridgehead atoms. The number of carbonyl (C=O) groups is 1. The zero-order chi connectivity index (χ0) is 16.4. The Hall–Kier alpha value is -2.27. The van der Waals surface area contributed by atoms with Crippen molar-refractivity contribution in [3.8, 4) is 17.1 Å². The Kier molecular flexibility index (Phi) is 7.24. The van der Waals surface area contributed by atoms with Crippen LogP contribution in [0, 0.1) is 5.82 Å². The Morgan fingerprint density at radius 2 is 2.04 bits per heavy atom. The Balaban J connectivity index is 0.00000156. The van der Waals surface area contributed by atoms with E-state index in [0.717, 1.165) is 0 Å². The van der Waals surface area contributed by atoms with Gasteiger partial charge in [0.2, 0.25) is 5.76 Å². The summed E-state index contributed by atoms with van der Waals surface area (Å²) in [5.74, 6) is -1.86. The van der Waals surface area contributed by atoms with Gasteiger partial charge in [-0.25, -0.2) is 13.9 Å². The van der Waals surface area contributed by atoms with Gasteiger partial charge in [-0.3, -0.25) is 0 Å². The summed E-state index contributed by atoms with van der Waals surface area (Å²) in [4.78, 5) is 10.7. The topological polar surface area (TPSA) is 133 Å². The van der Waals surface area contributed by atoms with Crippen LogP contribution in [0.1, 0.15) is 16.2 Å². The number of ether oxygens (including phenoxy) is 1. The molecular formula is C14H12FN4NaO5. The van der Waals surface area contributed by atoms with Gasteiger partial charge in [-0.15, -0.1) is 5.10 Å². The largest absolute Gasteiger partial charge is 1.00 e. The summed E-state index contributed by atoms with van der Waals surface area (Å²) in [6.07, 6.45) is 0. The van der Waals surface area contributed by atoms with E-state index in [4.69, 9.17) is 9.84 Å². The molecule has 0 amide bonds. The fraction of sp³-hybridized carbons (Fsp3) is 0.143. The van der Waals surface area contributed by atoms with Crippen molar-refractivity contribution in [1.29, 1.82) is 0 Å². The number of carboxylic acids is 1. The molecule has 0 unspecified atom stereocenters. The molecule has 3 rings (SSSR count). The minimum absolute atomic E-state index is 0. The molecule has 9 nitrogen and oxygen atoms in total. The number of aromatic nitrogens is 4. The fourth-order valence-electron chi connectivity index (χ4n) is 1.94. The van der Waals surface area contributed by atoms with Gasteiger partial charge in [0.15, 0.2) is 0 Å². The summed E-state index contributed by atoms with van der Waals surface area (Å²) in [6.45, 7) is 0.0435. The number of aromatic carboxylic acids is 1. The second kappa shape index (κ2) is 8.72. The van der Waals surface area contributed by atoms with Gasteiger partial charge in [0, 0.05) is 12.6 Å². The summed E-state index contributed by atoms with van der Waals surface area (Å²) in [6, 6.07) is 6.99. The van der Waals surface area contributed by atoms with E-state index in [-0.39, 0.29) is 59.1 Å². The van der Waals surface area contributed by atoms with E-state index in [1.54, 1.807) is 19.2 Å². The first-order valence-corrected chi connectivity index (χ1v) is 6.52. The molecule has 0 saturated carbocycles. The second-order valence-electron chi connectivity index (χ2n) is 4.64. The van der Waals surface area contributed by atoms with Gasteiger partial charge in [-0.05, 0) is 29.4 Å². The van der Waals surface area contributed by atoms with E-state index < -0.39 is 5.97 Å². The average Bonchev–Trinajstić information content (AvgIpc) is 3.13. The molecule has 0 atom stereocenters. The number of benzene rings is 1. The van der Waals surface area contributed by atoms with Gasteiger partial charge in [0.05, 0.1) is 6.07 Å². The molecular weight excluding hydrogens is 346 g/mol. The van der Waals surface area contributed by atoms with Crippen molar-refractivity contribution in [3.05, 3.63) is 47.6 Å². The molecule has 0 fully saturated rings. The Morgan fingerprint density at radius 3 is 2.64 bits per heavy atom. The number of carboxylic acid groups (broad SMARTS) is 1. The summed E-state index contributed by atoms with van der Waals surface area (Å²) >= 11 is 0. The van der Waals surface area contributed by atoms with Gasteiger partial charge in [-0.1, -0.05) is 5.21 Å². The van der Waals surface area contributed by atoms with Crippen LogP contribution in [0.2, 0.25) is 0 Å². The van der Waals surface area contributed by atoms with Crippen LogP contribution in [0.4, 0.5) is 4.39 Å². The maximum absolute atomic E-state index is 13.0. The zero-order valence-corrected chi connectivity index (χ0v) is 15.4. The SMILES string of the molecule is Cn1nnc(-c2ccc(F)cc2)c1COc1cc(C(=O)O)on1.[Na+].[OH-]. The Labute approximate surface area is 163 Å². The van der Waals surface area contributed by atoms with Crippen molar-refractivity contribution < 1.29 is 58.6 Å². The molecule has 11 heteroatoms. The molecule has 0 aliphatic carbocycles. The van der Waals surface area contributed by atoms with Crippen molar-refractivity contribution in [2.45, 2.75) is 6.61 Å². The maximum atomic E-state index is 13.0. The van der Waals surface area contributed by atoms with E-state index in [1.807, 2.05) is 0 Å². The number of hydrogen-bond donors (Lipinski definition) is 1. The van der Waals surface area contributed by atoms with Gasteiger partial charge in [0.25, 0.3) is 5.88 Å². The van der Waals surface area contributed by atoms with Crippen LogP contribution in [-0.2, 0) is 13.7 Å². The Bertz CT molecular complexity index is 849. The van der Waals surface area contributed by atoms with Crippen molar-refractivity contribution >= 4 is 5.97 Å². The third-order valence-corrected chi connectivity index (χ3v) is 3.12. The molecule has 3 aromatic rings. The molecule has 0 saturated heterocycles. The minimum Gasteiger partial charge on any atom is -0.870 e. The molecule has 2 N–H and O–H groups in total. The molecule has 2 aromatic heterocycles. The second-order valence-corrected chi connectivity index (χ2v) is 4.64. The van der Waals surface area contributed by atoms with Crippen LogP contribution in [0.5, 0.6) is 5.88 Å². The third kappa shape index (κ3) is 4.63. The summed E-state index contributed by atoms with van der Waals surface area (Å²) in [5, 5.41) is 20.2. The summed E-state index contributed by atoms with van der Waals surface area (Å²) < 4.78 is 24.5. The van der Waals surface area contributed by atoms with Gasteiger partial charge < -0.3 is 19.8 Å². The maximum Gasteiger partial charge on any atom is 1.00 e. The summed E-state index contributed by atoms with van der Waals surface area (Å²) in [7, 11) is 1.68. The molecule has 0 spiro atoms. The van der Waals surface area contributed by atoms with E-state index >= 15 is 0 Å². The standard InChI is InChI=1S/C14H11FN4O4.Na.H2O/c1-19-10(7-22-12-6-11(14(20)21)23-17-12)13(16-18-19)8-2-4-9(15)5-3-8;;/h2-6H,7H2,1H3,(H,20,21);;1H2/q;+1;/p-1. The monoisotopic (exact) mass is 358 g/mol. The first-order chi connectivity index (χ1) is 11.0. The van der Waals surface area contributed by atoms with Crippen LogP contribution in [0.15, 0.2) is 34.9 Å². The molecule has 1 aromatic carbocycles. The van der Waals surface area contributed by atoms with Crippen LogP contribution in [0.25, 0.3) is 11.3 Å². The summed E-state index contributed by atoms with van der Waals surface area (Å²) in [5.41, 5.74) is 1.84. The quantitative estimate of drug-likeness (QED) is 0.557. The number of rotatable bonds is 5. The number of halogens is 1. The number of aryl methyl sites for hydroxylation is 1. The predicted molar refractivity (Wildman–Crippen MR) is 76.1 cm³/mol. The Morgan fingerprint density at radius 1 is 1.36 bits per heavy atom. The first-order valence-electron chi connectivity index (χ1n) is 6.52. The van der Waals surface area contributed by atoms with E-state index in [9.17, 15) is 9.18 Å². The van der Waals surface area contributed by atoms with Gasteiger partial charge in [0.1, 0.15) is 23.8 Å². The molecule has 0 aliphatic rings. The van der Waals surface area contributed by atoms with Crippen LogP contribution in [0.3, 0.4) is 0 Å². The van der Waals surface area contributed by atoms with Crippen LogP contribution < -0.4 is 34.3 Å². The van der Waals surface area contributed by atoms with E-state index in [2.05, 4.69) is 20.0 Å². The molecule has 0 aliphatic heterocycles. The van der Waals surface area contributed by atoms with E-state index in [0.29, 0.717) is 17.0 Å². The fourth-order valence-corrected chi connectivity index (χ4v) is 1.94. The molecule has 2 heterocycles. The van der Waals surface area contributed by atoms with Gasteiger partial charge in [-0.2, -0.15) is 0 Å².